The van der Waals surface area contributed by atoms with Gasteiger partial charge in [-0.05, 0) is 29.3 Å². The summed E-state index contributed by atoms with van der Waals surface area (Å²) in [6, 6.07) is 16.1. The topological polar surface area (TPSA) is 49.3 Å². The Balaban J connectivity index is 1.98. The minimum Gasteiger partial charge on any atom is -0.394 e. The second-order valence-electron chi connectivity index (χ2n) is 4.54. The van der Waals surface area contributed by atoms with Gasteiger partial charge in [0, 0.05) is 11.1 Å². The molecule has 0 fully saturated rings. The largest absolute Gasteiger partial charge is 0.394 e. The zero-order chi connectivity index (χ0) is 15.1. The average molecular weight is 302 g/mol. The lowest BCUT2D eigenvalue weighted by Gasteiger charge is -2.15. The van der Waals surface area contributed by atoms with Crippen molar-refractivity contribution in [1.82, 2.24) is 5.32 Å². The van der Waals surface area contributed by atoms with E-state index in [1.165, 1.54) is 6.08 Å². The summed E-state index contributed by atoms with van der Waals surface area (Å²) in [5.74, 6) is -0.257. The standard InChI is InChI=1S/C17H16ClNO2/c18-15-9-6-13(7-10-15)8-11-17(21)19-16(12-20)14-4-2-1-3-5-14/h1-11,16,20H,12H2,(H,19,21)/b11-8+/t16-/m0/s1. The lowest BCUT2D eigenvalue weighted by Crippen LogP contribution is -2.29. The zero-order valence-corrected chi connectivity index (χ0v) is 12.1. The summed E-state index contributed by atoms with van der Waals surface area (Å²) in [4.78, 5) is 11.9. The molecular formula is C17H16ClNO2. The molecule has 3 nitrogen and oxygen atoms in total. The number of nitrogens with one attached hydrogen (secondary N) is 1. The van der Waals surface area contributed by atoms with E-state index >= 15 is 0 Å². The molecule has 4 heteroatoms. The van der Waals surface area contributed by atoms with Crippen molar-refractivity contribution in [3.8, 4) is 0 Å². The maximum absolute atomic E-state index is 11.9. The van der Waals surface area contributed by atoms with Gasteiger partial charge >= 0.3 is 0 Å². The minimum absolute atomic E-state index is 0.148. The first-order valence-electron chi connectivity index (χ1n) is 6.59. The molecule has 0 aliphatic rings. The Morgan fingerprint density at radius 3 is 2.43 bits per heavy atom. The van der Waals surface area contributed by atoms with Crippen LogP contribution in [0.2, 0.25) is 5.02 Å². The quantitative estimate of drug-likeness (QED) is 0.833. The zero-order valence-electron chi connectivity index (χ0n) is 11.4. The van der Waals surface area contributed by atoms with Crippen LogP contribution in [0, 0.1) is 0 Å². The first kappa shape index (κ1) is 15.3. The highest BCUT2D eigenvalue weighted by atomic mass is 35.5. The molecule has 0 aliphatic heterocycles. The lowest BCUT2D eigenvalue weighted by molar-refractivity contribution is -0.117. The van der Waals surface area contributed by atoms with Gasteiger partial charge in [-0.15, -0.1) is 0 Å². The van der Waals surface area contributed by atoms with Crippen LogP contribution < -0.4 is 5.32 Å². The summed E-state index contributed by atoms with van der Waals surface area (Å²) in [5.41, 5.74) is 1.75. The van der Waals surface area contributed by atoms with Crippen molar-refractivity contribution >= 4 is 23.6 Å². The number of hydrogen-bond acceptors (Lipinski definition) is 2. The highest BCUT2D eigenvalue weighted by Crippen LogP contribution is 2.12. The van der Waals surface area contributed by atoms with Gasteiger partial charge in [-0.1, -0.05) is 54.1 Å². The van der Waals surface area contributed by atoms with Crippen molar-refractivity contribution in [2.45, 2.75) is 6.04 Å². The third-order valence-corrected chi connectivity index (χ3v) is 3.25. The molecule has 0 aromatic heterocycles. The molecule has 2 N–H and O–H groups in total. The van der Waals surface area contributed by atoms with Crippen molar-refractivity contribution in [1.29, 1.82) is 0 Å². The molecule has 2 aromatic carbocycles. The van der Waals surface area contributed by atoms with E-state index in [2.05, 4.69) is 5.32 Å². The van der Waals surface area contributed by atoms with Crippen LogP contribution in [0.3, 0.4) is 0 Å². The number of aliphatic hydroxyl groups excluding tert-OH is 1. The van der Waals surface area contributed by atoms with Gasteiger partial charge in [0.05, 0.1) is 12.6 Å². The van der Waals surface area contributed by atoms with E-state index in [1.54, 1.807) is 18.2 Å². The molecule has 2 aromatic rings. The Hall–Kier alpha value is -2.10. The molecule has 0 bridgehead atoms. The van der Waals surface area contributed by atoms with E-state index in [1.807, 2.05) is 42.5 Å². The van der Waals surface area contributed by atoms with Crippen LogP contribution in [0.25, 0.3) is 6.08 Å². The molecule has 0 radical (unpaired) electrons. The molecule has 1 atom stereocenters. The van der Waals surface area contributed by atoms with Crippen molar-refractivity contribution in [2.24, 2.45) is 0 Å². The van der Waals surface area contributed by atoms with Gasteiger partial charge in [-0.3, -0.25) is 4.79 Å². The fourth-order valence-corrected chi connectivity index (χ4v) is 2.01. The number of carbonyl (C=O) groups is 1. The number of amides is 1. The summed E-state index contributed by atoms with van der Waals surface area (Å²) < 4.78 is 0. The Labute approximate surface area is 128 Å². The maximum atomic E-state index is 11.9. The van der Waals surface area contributed by atoms with Gasteiger partial charge in [0.15, 0.2) is 0 Å². The number of carbonyl (C=O) groups excluding carboxylic acids is 1. The van der Waals surface area contributed by atoms with Gasteiger partial charge in [0.2, 0.25) is 5.91 Å². The Kier molecular flexibility index (Phi) is 5.55. The summed E-state index contributed by atoms with van der Waals surface area (Å²) in [7, 11) is 0. The Morgan fingerprint density at radius 2 is 1.81 bits per heavy atom. The van der Waals surface area contributed by atoms with Crippen LogP contribution in [-0.2, 0) is 4.79 Å². The van der Waals surface area contributed by atoms with Crippen LogP contribution in [0.5, 0.6) is 0 Å². The number of rotatable bonds is 5. The second-order valence-corrected chi connectivity index (χ2v) is 4.98. The van der Waals surface area contributed by atoms with Gasteiger partial charge in [0.25, 0.3) is 0 Å². The lowest BCUT2D eigenvalue weighted by atomic mass is 10.1. The molecule has 0 saturated carbocycles. The van der Waals surface area contributed by atoms with Crippen molar-refractivity contribution in [3.63, 3.8) is 0 Å². The molecule has 0 aliphatic carbocycles. The first-order valence-corrected chi connectivity index (χ1v) is 6.97. The van der Waals surface area contributed by atoms with E-state index in [0.717, 1.165) is 11.1 Å². The molecular weight excluding hydrogens is 286 g/mol. The summed E-state index contributed by atoms with van der Waals surface area (Å²) in [6.45, 7) is -0.148. The minimum atomic E-state index is -0.409. The first-order chi connectivity index (χ1) is 10.2. The average Bonchev–Trinajstić information content (AvgIpc) is 2.53. The van der Waals surface area contributed by atoms with E-state index < -0.39 is 6.04 Å². The second kappa shape index (κ2) is 7.62. The van der Waals surface area contributed by atoms with Gasteiger partial charge in [-0.25, -0.2) is 0 Å². The Morgan fingerprint density at radius 1 is 1.14 bits per heavy atom. The van der Waals surface area contributed by atoms with E-state index in [0.29, 0.717) is 5.02 Å². The van der Waals surface area contributed by atoms with Crippen LogP contribution >= 0.6 is 11.6 Å². The summed E-state index contributed by atoms with van der Waals surface area (Å²) in [6.07, 6.45) is 3.14. The molecule has 1 amide bonds. The molecule has 2 rings (SSSR count). The van der Waals surface area contributed by atoms with Crippen molar-refractivity contribution in [3.05, 3.63) is 76.8 Å². The molecule has 21 heavy (non-hydrogen) atoms. The molecule has 108 valence electrons. The number of aliphatic hydroxyl groups is 1. The number of halogens is 1. The van der Waals surface area contributed by atoms with Crippen LogP contribution in [-0.4, -0.2) is 17.6 Å². The smallest absolute Gasteiger partial charge is 0.244 e. The highest BCUT2D eigenvalue weighted by Gasteiger charge is 2.11. The molecule has 0 unspecified atom stereocenters. The summed E-state index contributed by atoms with van der Waals surface area (Å²) >= 11 is 5.80. The number of benzene rings is 2. The summed E-state index contributed by atoms with van der Waals surface area (Å²) in [5, 5.41) is 12.8. The van der Waals surface area contributed by atoms with E-state index in [4.69, 9.17) is 11.6 Å². The van der Waals surface area contributed by atoms with Gasteiger partial charge in [-0.2, -0.15) is 0 Å². The molecule has 0 heterocycles. The van der Waals surface area contributed by atoms with Crippen LogP contribution in [0.15, 0.2) is 60.7 Å². The SMILES string of the molecule is O=C(/C=C/c1ccc(Cl)cc1)N[C@@H](CO)c1ccccc1. The normalized spacial score (nSPS) is 12.3. The third-order valence-electron chi connectivity index (χ3n) is 3.00. The maximum Gasteiger partial charge on any atom is 0.244 e. The predicted molar refractivity (Wildman–Crippen MR) is 84.9 cm³/mol. The van der Waals surface area contributed by atoms with Crippen LogP contribution in [0.1, 0.15) is 17.2 Å². The predicted octanol–water partition coefficient (Wildman–Crippen LogP) is 3.20. The van der Waals surface area contributed by atoms with Crippen molar-refractivity contribution in [2.75, 3.05) is 6.61 Å². The highest BCUT2D eigenvalue weighted by molar-refractivity contribution is 6.30. The fourth-order valence-electron chi connectivity index (χ4n) is 1.89. The van der Waals surface area contributed by atoms with Gasteiger partial charge in [0.1, 0.15) is 0 Å². The third kappa shape index (κ3) is 4.74. The fraction of sp³-hybridized carbons (Fsp3) is 0.118. The number of hydrogen-bond donors (Lipinski definition) is 2. The van der Waals surface area contributed by atoms with E-state index in [9.17, 15) is 9.90 Å². The molecule has 0 saturated heterocycles. The molecule has 0 spiro atoms. The van der Waals surface area contributed by atoms with Gasteiger partial charge < -0.3 is 10.4 Å². The van der Waals surface area contributed by atoms with Crippen molar-refractivity contribution < 1.29 is 9.90 Å². The van der Waals surface area contributed by atoms with E-state index in [-0.39, 0.29) is 12.5 Å². The Bertz CT molecular complexity index is 608. The monoisotopic (exact) mass is 301 g/mol. The van der Waals surface area contributed by atoms with Crippen LogP contribution in [0.4, 0.5) is 0 Å².